The summed E-state index contributed by atoms with van der Waals surface area (Å²) in [6.07, 6.45) is 0.418. The molecule has 2 amide bonds. The van der Waals surface area contributed by atoms with Gasteiger partial charge in [-0.3, -0.25) is 23.9 Å². The number of benzene rings is 1. The van der Waals surface area contributed by atoms with Gasteiger partial charge in [-0.25, -0.2) is 4.79 Å². The number of nitrogens with zero attached hydrogens (tertiary/aromatic N) is 2. The van der Waals surface area contributed by atoms with Crippen LogP contribution in [0.3, 0.4) is 0 Å². The average molecular weight is 447 g/mol. The summed E-state index contributed by atoms with van der Waals surface area (Å²) in [4.78, 5) is 52.6. The summed E-state index contributed by atoms with van der Waals surface area (Å²) in [7, 11) is 1.52. The molecule has 0 radical (unpaired) electrons. The van der Waals surface area contributed by atoms with Crippen LogP contribution < -0.4 is 32.4 Å². The Labute approximate surface area is 184 Å². The van der Waals surface area contributed by atoms with Gasteiger partial charge < -0.3 is 25.8 Å². The van der Waals surface area contributed by atoms with Crippen molar-refractivity contribution >= 4 is 23.3 Å². The SMILES string of the molecule is COCCCN(C(=O)COc1cccc(C(N)=O)c1)c1c(N)n(CC(C)C)c(=O)[nH]c1=O. The first kappa shape index (κ1) is 24.7. The molecule has 0 spiro atoms. The van der Waals surface area contributed by atoms with Crippen LogP contribution in [-0.4, -0.2) is 48.2 Å². The molecule has 174 valence electrons. The Hall–Kier alpha value is -3.60. The van der Waals surface area contributed by atoms with Gasteiger partial charge in [0, 0.05) is 32.4 Å². The average Bonchev–Trinajstić information content (AvgIpc) is 2.74. The van der Waals surface area contributed by atoms with Crippen molar-refractivity contribution < 1.29 is 19.1 Å². The van der Waals surface area contributed by atoms with E-state index in [1.54, 1.807) is 12.1 Å². The van der Waals surface area contributed by atoms with Gasteiger partial charge >= 0.3 is 5.69 Å². The number of hydrogen-bond acceptors (Lipinski definition) is 7. The van der Waals surface area contributed by atoms with E-state index in [0.29, 0.717) is 13.0 Å². The highest BCUT2D eigenvalue weighted by Crippen LogP contribution is 2.19. The van der Waals surface area contributed by atoms with E-state index in [9.17, 15) is 19.2 Å². The number of nitrogens with one attached hydrogen (secondary N) is 1. The van der Waals surface area contributed by atoms with Gasteiger partial charge in [-0.1, -0.05) is 19.9 Å². The molecular formula is C21H29N5O6. The zero-order valence-corrected chi connectivity index (χ0v) is 18.4. The van der Waals surface area contributed by atoms with Gasteiger partial charge in [-0.05, 0) is 30.5 Å². The third-order valence-electron chi connectivity index (χ3n) is 4.54. The molecule has 0 saturated heterocycles. The molecule has 11 heteroatoms. The van der Waals surface area contributed by atoms with Gasteiger partial charge in [-0.2, -0.15) is 0 Å². The number of ether oxygens (including phenoxy) is 2. The molecule has 1 heterocycles. The summed E-state index contributed by atoms with van der Waals surface area (Å²) in [5.74, 6) is -0.952. The Morgan fingerprint density at radius 3 is 2.59 bits per heavy atom. The highest BCUT2D eigenvalue weighted by molar-refractivity contribution is 5.96. The zero-order valence-electron chi connectivity index (χ0n) is 18.4. The van der Waals surface area contributed by atoms with Crippen LogP contribution in [0.25, 0.3) is 0 Å². The summed E-state index contributed by atoms with van der Waals surface area (Å²) in [6.45, 7) is 4.08. The summed E-state index contributed by atoms with van der Waals surface area (Å²) in [5.41, 5.74) is 10.1. The van der Waals surface area contributed by atoms with Crippen LogP contribution in [0, 0.1) is 5.92 Å². The third-order valence-corrected chi connectivity index (χ3v) is 4.54. The van der Waals surface area contributed by atoms with Crippen LogP contribution in [0.5, 0.6) is 5.75 Å². The van der Waals surface area contributed by atoms with Crippen molar-refractivity contribution in [3.8, 4) is 5.75 Å². The number of amides is 2. The number of primary amides is 1. The first-order chi connectivity index (χ1) is 15.1. The number of aromatic nitrogens is 2. The van der Waals surface area contributed by atoms with Crippen LogP contribution in [0.1, 0.15) is 30.6 Å². The van der Waals surface area contributed by atoms with E-state index in [0.717, 1.165) is 0 Å². The predicted molar refractivity (Wildman–Crippen MR) is 120 cm³/mol. The van der Waals surface area contributed by atoms with Crippen molar-refractivity contribution in [2.75, 3.05) is 37.5 Å². The summed E-state index contributed by atoms with van der Waals surface area (Å²) in [5, 5.41) is 0. The quantitative estimate of drug-likeness (QED) is 0.418. The second-order valence-corrected chi connectivity index (χ2v) is 7.57. The Balaban J connectivity index is 2.36. The molecule has 2 aromatic rings. The van der Waals surface area contributed by atoms with Gasteiger partial charge in [0.15, 0.2) is 12.3 Å². The minimum atomic E-state index is -0.769. The van der Waals surface area contributed by atoms with Crippen LogP contribution in [-0.2, 0) is 16.1 Å². The number of hydrogen-bond donors (Lipinski definition) is 3. The van der Waals surface area contributed by atoms with Gasteiger partial charge in [0.1, 0.15) is 11.6 Å². The molecule has 1 aromatic heterocycles. The summed E-state index contributed by atoms with van der Waals surface area (Å²) < 4.78 is 11.8. The maximum Gasteiger partial charge on any atom is 0.330 e. The van der Waals surface area contributed by atoms with Crippen LogP contribution in [0.2, 0.25) is 0 Å². The number of carbonyl (C=O) groups excluding carboxylic acids is 2. The van der Waals surface area contributed by atoms with Crippen molar-refractivity contribution in [1.29, 1.82) is 0 Å². The topological polar surface area (TPSA) is 163 Å². The number of H-pyrrole nitrogens is 1. The Bertz CT molecular complexity index is 1080. The molecule has 0 unspecified atom stereocenters. The van der Waals surface area contributed by atoms with Crippen LogP contribution in [0.15, 0.2) is 33.9 Å². The fraction of sp³-hybridized carbons (Fsp3) is 0.429. The lowest BCUT2D eigenvalue weighted by atomic mass is 10.2. The smallest absolute Gasteiger partial charge is 0.330 e. The van der Waals surface area contributed by atoms with E-state index in [1.807, 2.05) is 13.8 Å². The number of carbonyl (C=O) groups is 2. The Morgan fingerprint density at radius 1 is 1.25 bits per heavy atom. The van der Waals surface area contributed by atoms with Crippen LogP contribution in [0.4, 0.5) is 11.5 Å². The molecule has 0 aliphatic carbocycles. The number of nitrogens with two attached hydrogens (primary N) is 2. The molecule has 0 saturated carbocycles. The van der Waals surface area contributed by atoms with Gasteiger partial charge in [-0.15, -0.1) is 0 Å². The van der Waals surface area contributed by atoms with Crippen molar-refractivity contribution in [2.45, 2.75) is 26.8 Å². The number of nitrogen functional groups attached to an aromatic ring is 1. The standard InChI is InChI=1S/C21H29N5O6/c1-13(2)11-26-18(22)17(20(29)24-21(26)30)25(8-5-9-31-3)16(27)12-32-15-7-4-6-14(10-15)19(23)28/h4,6-7,10,13H,5,8-9,11-12,22H2,1-3H3,(H2,23,28)(H,24,29,30). The summed E-state index contributed by atoms with van der Waals surface area (Å²) >= 11 is 0. The lowest BCUT2D eigenvalue weighted by Crippen LogP contribution is -2.43. The summed E-state index contributed by atoms with van der Waals surface area (Å²) in [6, 6.07) is 6.07. The number of anilines is 2. The highest BCUT2D eigenvalue weighted by atomic mass is 16.5. The van der Waals surface area contributed by atoms with E-state index in [2.05, 4.69) is 4.98 Å². The van der Waals surface area contributed by atoms with E-state index in [1.165, 1.54) is 28.7 Å². The van der Waals surface area contributed by atoms with Gasteiger partial charge in [0.25, 0.3) is 11.5 Å². The van der Waals surface area contributed by atoms with Gasteiger partial charge in [0.2, 0.25) is 5.91 Å². The second-order valence-electron chi connectivity index (χ2n) is 7.57. The molecule has 2 rings (SSSR count). The van der Waals surface area contributed by atoms with E-state index in [-0.39, 0.29) is 41.8 Å². The van der Waals surface area contributed by atoms with Crippen LogP contribution >= 0.6 is 0 Å². The minimum absolute atomic E-state index is 0.0762. The lowest BCUT2D eigenvalue weighted by Gasteiger charge is -2.25. The maximum atomic E-state index is 13.0. The predicted octanol–water partition coefficient (Wildman–Crippen LogP) is 0.322. The van der Waals surface area contributed by atoms with Crippen molar-refractivity contribution in [3.05, 3.63) is 50.7 Å². The normalized spacial score (nSPS) is 10.9. The Morgan fingerprint density at radius 2 is 1.97 bits per heavy atom. The lowest BCUT2D eigenvalue weighted by molar-refractivity contribution is -0.120. The first-order valence-corrected chi connectivity index (χ1v) is 10.1. The molecule has 0 fully saturated rings. The van der Waals surface area contributed by atoms with E-state index < -0.39 is 29.7 Å². The molecular weight excluding hydrogens is 418 g/mol. The molecule has 0 aliphatic rings. The monoisotopic (exact) mass is 447 g/mol. The highest BCUT2D eigenvalue weighted by Gasteiger charge is 2.24. The number of aromatic amines is 1. The molecule has 0 atom stereocenters. The van der Waals surface area contributed by atoms with Gasteiger partial charge in [0.05, 0.1) is 0 Å². The molecule has 0 aliphatic heterocycles. The molecule has 1 aromatic carbocycles. The fourth-order valence-corrected chi connectivity index (χ4v) is 3.07. The Kier molecular flexibility index (Phi) is 8.59. The first-order valence-electron chi connectivity index (χ1n) is 10.1. The fourth-order valence-electron chi connectivity index (χ4n) is 3.07. The largest absolute Gasteiger partial charge is 0.484 e. The molecule has 32 heavy (non-hydrogen) atoms. The zero-order chi connectivity index (χ0) is 23.8. The number of rotatable bonds is 11. The molecule has 5 N–H and O–H groups in total. The van der Waals surface area contributed by atoms with Crippen molar-refractivity contribution in [3.63, 3.8) is 0 Å². The minimum Gasteiger partial charge on any atom is -0.484 e. The van der Waals surface area contributed by atoms with E-state index >= 15 is 0 Å². The number of methoxy groups -OCH3 is 1. The van der Waals surface area contributed by atoms with Crippen molar-refractivity contribution in [1.82, 2.24) is 9.55 Å². The third kappa shape index (κ3) is 6.20. The van der Waals surface area contributed by atoms with E-state index in [4.69, 9.17) is 20.9 Å². The van der Waals surface area contributed by atoms with Crippen molar-refractivity contribution in [2.24, 2.45) is 11.7 Å². The second kappa shape index (κ2) is 11.1. The maximum absolute atomic E-state index is 13.0. The molecule has 11 nitrogen and oxygen atoms in total. The molecule has 0 bridgehead atoms.